The summed E-state index contributed by atoms with van der Waals surface area (Å²) < 4.78 is 10.0. The highest BCUT2D eigenvalue weighted by molar-refractivity contribution is 5.69. The van der Waals surface area contributed by atoms with Gasteiger partial charge in [-0.1, -0.05) is 0 Å². The molecule has 12 heavy (non-hydrogen) atoms. The smallest absolute Gasteiger partial charge is 0.305 e. The fourth-order valence-corrected chi connectivity index (χ4v) is 1.37. The van der Waals surface area contributed by atoms with E-state index in [0.29, 0.717) is 18.9 Å². The number of rotatable bonds is 4. The molecule has 1 aliphatic rings. The lowest BCUT2D eigenvalue weighted by Crippen LogP contribution is -2.07. The first-order valence-electron chi connectivity index (χ1n) is 4.56. The average molecular weight is 172 g/mol. The Bertz CT molecular complexity index is 139. The minimum Gasteiger partial charge on any atom is -0.466 e. The van der Waals surface area contributed by atoms with Crippen molar-refractivity contribution < 1.29 is 14.3 Å². The number of esters is 1. The Hall–Kier alpha value is -0.570. The van der Waals surface area contributed by atoms with Crippen LogP contribution < -0.4 is 0 Å². The van der Waals surface area contributed by atoms with E-state index >= 15 is 0 Å². The molecule has 0 aromatic heterocycles. The zero-order valence-electron chi connectivity index (χ0n) is 7.54. The van der Waals surface area contributed by atoms with Gasteiger partial charge in [0.1, 0.15) is 0 Å². The van der Waals surface area contributed by atoms with E-state index in [1.807, 2.05) is 6.92 Å². The molecule has 3 nitrogen and oxygen atoms in total. The molecule has 0 radical (unpaired) electrons. The summed E-state index contributed by atoms with van der Waals surface area (Å²) in [5.41, 5.74) is 0. The minimum atomic E-state index is -0.0793. The molecule has 0 saturated carbocycles. The lowest BCUT2D eigenvalue weighted by molar-refractivity contribution is -0.143. The third kappa shape index (κ3) is 3.22. The van der Waals surface area contributed by atoms with Crippen molar-refractivity contribution in [3.63, 3.8) is 0 Å². The highest BCUT2D eigenvalue weighted by Gasteiger charge is 2.16. The summed E-state index contributed by atoms with van der Waals surface area (Å²) >= 11 is 0. The number of hydrogen-bond acceptors (Lipinski definition) is 3. The molecular weight excluding hydrogens is 156 g/mol. The van der Waals surface area contributed by atoms with Gasteiger partial charge in [0, 0.05) is 19.6 Å². The zero-order chi connectivity index (χ0) is 8.81. The van der Waals surface area contributed by atoms with Gasteiger partial charge in [-0.3, -0.25) is 4.79 Å². The molecule has 0 aromatic carbocycles. The summed E-state index contributed by atoms with van der Waals surface area (Å²) in [6.45, 7) is 3.99. The van der Waals surface area contributed by atoms with Crippen molar-refractivity contribution in [1.82, 2.24) is 0 Å². The molecule has 0 aromatic rings. The number of carbonyl (C=O) groups excluding carboxylic acids is 1. The molecule has 0 N–H and O–H groups in total. The van der Waals surface area contributed by atoms with Gasteiger partial charge in [0.05, 0.1) is 6.61 Å². The Labute approximate surface area is 73.0 Å². The first-order valence-corrected chi connectivity index (χ1v) is 4.56. The molecule has 0 amide bonds. The lowest BCUT2D eigenvalue weighted by Gasteiger charge is -2.05. The van der Waals surface area contributed by atoms with Crippen LogP contribution in [0.4, 0.5) is 0 Å². The Balaban J connectivity index is 2.03. The van der Waals surface area contributed by atoms with E-state index in [1.165, 1.54) is 0 Å². The SMILES string of the molecule is CCOC(=O)CC[C@@H]1CCOC1. The van der Waals surface area contributed by atoms with Crippen LogP contribution in [0.1, 0.15) is 26.2 Å². The van der Waals surface area contributed by atoms with Gasteiger partial charge in [0.2, 0.25) is 0 Å². The first kappa shape index (κ1) is 9.52. The second-order valence-electron chi connectivity index (χ2n) is 3.07. The van der Waals surface area contributed by atoms with Gasteiger partial charge in [-0.25, -0.2) is 0 Å². The van der Waals surface area contributed by atoms with Crippen LogP contribution >= 0.6 is 0 Å². The Morgan fingerprint density at radius 2 is 2.50 bits per heavy atom. The quantitative estimate of drug-likeness (QED) is 0.601. The van der Waals surface area contributed by atoms with Crippen molar-refractivity contribution in [2.24, 2.45) is 5.92 Å². The second-order valence-corrected chi connectivity index (χ2v) is 3.07. The van der Waals surface area contributed by atoms with Crippen LogP contribution in [0.25, 0.3) is 0 Å². The molecule has 1 atom stereocenters. The molecule has 0 bridgehead atoms. The fraction of sp³-hybridized carbons (Fsp3) is 0.889. The van der Waals surface area contributed by atoms with Crippen molar-refractivity contribution >= 4 is 5.97 Å². The van der Waals surface area contributed by atoms with E-state index in [9.17, 15) is 4.79 Å². The van der Waals surface area contributed by atoms with E-state index in [4.69, 9.17) is 9.47 Å². The third-order valence-electron chi connectivity index (χ3n) is 2.09. The van der Waals surface area contributed by atoms with Crippen LogP contribution in [-0.2, 0) is 14.3 Å². The van der Waals surface area contributed by atoms with E-state index in [1.54, 1.807) is 0 Å². The molecule has 1 fully saturated rings. The molecule has 3 heteroatoms. The molecule has 1 saturated heterocycles. The zero-order valence-corrected chi connectivity index (χ0v) is 7.54. The summed E-state index contributed by atoms with van der Waals surface area (Å²) in [7, 11) is 0. The highest BCUT2D eigenvalue weighted by Crippen LogP contribution is 2.17. The highest BCUT2D eigenvalue weighted by atomic mass is 16.5. The molecule has 1 aliphatic heterocycles. The minimum absolute atomic E-state index is 0.0793. The van der Waals surface area contributed by atoms with Gasteiger partial charge in [0.25, 0.3) is 0 Å². The summed E-state index contributed by atoms with van der Waals surface area (Å²) in [5.74, 6) is 0.499. The Morgan fingerprint density at radius 1 is 1.67 bits per heavy atom. The predicted molar refractivity (Wildman–Crippen MR) is 44.8 cm³/mol. The molecule has 0 spiro atoms. The Kier molecular flexibility index (Phi) is 4.08. The van der Waals surface area contributed by atoms with Gasteiger partial charge >= 0.3 is 5.97 Å². The van der Waals surface area contributed by atoms with E-state index < -0.39 is 0 Å². The lowest BCUT2D eigenvalue weighted by atomic mass is 10.0. The van der Waals surface area contributed by atoms with Crippen molar-refractivity contribution in [1.29, 1.82) is 0 Å². The molecule has 70 valence electrons. The van der Waals surface area contributed by atoms with Gasteiger partial charge < -0.3 is 9.47 Å². The maximum Gasteiger partial charge on any atom is 0.305 e. The standard InChI is InChI=1S/C9H16O3/c1-2-12-9(10)4-3-8-5-6-11-7-8/h8H,2-7H2,1H3/t8-/m1/s1. The summed E-state index contributed by atoms with van der Waals surface area (Å²) in [6, 6.07) is 0. The van der Waals surface area contributed by atoms with Crippen LogP contribution in [0.5, 0.6) is 0 Å². The average Bonchev–Trinajstić information content (AvgIpc) is 2.53. The molecule has 1 rings (SSSR count). The van der Waals surface area contributed by atoms with Crippen LogP contribution in [0, 0.1) is 5.92 Å². The third-order valence-corrected chi connectivity index (χ3v) is 2.09. The second kappa shape index (κ2) is 5.14. The summed E-state index contributed by atoms with van der Waals surface area (Å²) in [4.78, 5) is 10.9. The van der Waals surface area contributed by atoms with E-state index in [2.05, 4.69) is 0 Å². The topological polar surface area (TPSA) is 35.5 Å². The maximum atomic E-state index is 10.9. The van der Waals surface area contributed by atoms with Crippen molar-refractivity contribution in [3.8, 4) is 0 Å². The maximum absolute atomic E-state index is 10.9. The number of hydrogen-bond donors (Lipinski definition) is 0. The largest absolute Gasteiger partial charge is 0.466 e. The van der Waals surface area contributed by atoms with Crippen molar-refractivity contribution in [3.05, 3.63) is 0 Å². The normalized spacial score (nSPS) is 22.6. The molecule has 0 aliphatic carbocycles. The van der Waals surface area contributed by atoms with Crippen LogP contribution in [0.3, 0.4) is 0 Å². The Morgan fingerprint density at radius 3 is 3.08 bits per heavy atom. The molecule has 1 heterocycles. The fourth-order valence-electron chi connectivity index (χ4n) is 1.37. The monoisotopic (exact) mass is 172 g/mol. The first-order chi connectivity index (χ1) is 5.83. The summed E-state index contributed by atoms with van der Waals surface area (Å²) in [5, 5.41) is 0. The van der Waals surface area contributed by atoms with Crippen LogP contribution in [0.2, 0.25) is 0 Å². The summed E-state index contributed by atoms with van der Waals surface area (Å²) in [6.07, 6.45) is 2.56. The van der Waals surface area contributed by atoms with E-state index in [0.717, 1.165) is 26.1 Å². The van der Waals surface area contributed by atoms with Gasteiger partial charge in [-0.05, 0) is 25.7 Å². The van der Waals surface area contributed by atoms with Gasteiger partial charge in [-0.15, -0.1) is 0 Å². The van der Waals surface area contributed by atoms with Gasteiger partial charge in [-0.2, -0.15) is 0 Å². The number of carbonyl (C=O) groups is 1. The molecule has 0 unspecified atom stereocenters. The van der Waals surface area contributed by atoms with Crippen molar-refractivity contribution in [2.45, 2.75) is 26.2 Å². The van der Waals surface area contributed by atoms with Gasteiger partial charge in [0.15, 0.2) is 0 Å². The van der Waals surface area contributed by atoms with Crippen molar-refractivity contribution in [2.75, 3.05) is 19.8 Å². The van der Waals surface area contributed by atoms with Crippen LogP contribution in [-0.4, -0.2) is 25.8 Å². The van der Waals surface area contributed by atoms with E-state index in [-0.39, 0.29) is 5.97 Å². The predicted octanol–water partition coefficient (Wildman–Crippen LogP) is 1.37. The molecular formula is C9H16O3. The number of ether oxygens (including phenoxy) is 2. The van der Waals surface area contributed by atoms with Crippen LogP contribution in [0.15, 0.2) is 0 Å².